The minimum Gasteiger partial charge on any atom is -0.256 e. The van der Waals surface area contributed by atoms with E-state index in [1.807, 2.05) is 24.3 Å². The minimum absolute atomic E-state index is 0.371. The standard InChI is InChI=1S/C40H24F6N4/c41-39(42,43)27-17-13-25(14-18-27)33-34(26-15-19-28(20-16-26)40(44,45)46)36(30-10-2-6-22-48-30)38(32-12-4-8-24-50-32)37(31-11-3-7-23-49-31)35(33)29-9-1-5-21-47-29/h1-24H. The molecule has 10 heteroatoms. The van der Waals surface area contributed by atoms with Crippen LogP contribution in [0.15, 0.2) is 146 Å². The molecule has 7 rings (SSSR count). The quantitative estimate of drug-likeness (QED) is 0.165. The number of hydrogen-bond donors (Lipinski definition) is 0. The van der Waals surface area contributed by atoms with Crippen molar-refractivity contribution in [3.05, 3.63) is 157 Å². The second-order valence-electron chi connectivity index (χ2n) is 11.3. The number of alkyl halides is 6. The van der Waals surface area contributed by atoms with E-state index in [-0.39, 0.29) is 0 Å². The van der Waals surface area contributed by atoms with Gasteiger partial charge in [-0.2, -0.15) is 26.3 Å². The number of nitrogens with zero attached hydrogens (tertiary/aromatic N) is 4. The van der Waals surface area contributed by atoms with Crippen molar-refractivity contribution in [2.45, 2.75) is 12.4 Å². The normalized spacial score (nSPS) is 11.8. The van der Waals surface area contributed by atoms with Gasteiger partial charge in [-0.1, -0.05) is 48.5 Å². The SMILES string of the molecule is FC(F)(F)c1ccc(-c2c(-c3ccc(C(F)(F)F)cc3)c(-c3ccccn3)c(-c3ccccn3)c(-c3ccccn3)c2-c2ccccn2)cc1. The van der Waals surface area contributed by atoms with Crippen LogP contribution in [-0.2, 0) is 12.4 Å². The minimum atomic E-state index is -4.60. The van der Waals surface area contributed by atoms with Crippen LogP contribution in [0.5, 0.6) is 0 Å². The van der Waals surface area contributed by atoms with Crippen LogP contribution in [0, 0.1) is 0 Å². The van der Waals surface area contributed by atoms with Crippen LogP contribution in [0.1, 0.15) is 11.1 Å². The van der Waals surface area contributed by atoms with E-state index in [4.69, 9.17) is 19.9 Å². The highest BCUT2D eigenvalue weighted by Crippen LogP contribution is 2.55. The molecule has 0 saturated carbocycles. The molecule has 0 radical (unpaired) electrons. The molecular weight excluding hydrogens is 650 g/mol. The van der Waals surface area contributed by atoms with Gasteiger partial charge in [-0.15, -0.1) is 0 Å². The molecule has 0 aliphatic heterocycles. The first-order chi connectivity index (χ1) is 24.1. The van der Waals surface area contributed by atoms with Crippen LogP contribution in [0.2, 0.25) is 0 Å². The Kier molecular flexibility index (Phi) is 8.45. The van der Waals surface area contributed by atoms with E-state index in [0.29, 0.717) is 67.3 Å². The van der Waals surface area contributed by atoms with Crippen molar-refractivity contribution in [2.24, 2.45) is 0 Å². The molecular formula is C40H24F6N4. The van der Waals surface area contributed by atoms with Crippen LogP contribution >= 0.6 is 0 Å². The van der Waals surface area contributed by atoms with Crippen LogP contribution in [0.25, 0.3) is 67.3 Å². The Hall–Kier alpha value is -6.16. The third-order valence-electron chi connectivity index (χ3n) is 8.19. The highest BCUT2D eigenvalue weighted by molar-refractivity contribution is 6.13. The molecule has 0 unspecified atom stereocenters. The van der Waals surface area contributed by atoms with Gasteiger partial charge in [-0.25, -0.2) is 0 Å². The van der Waals surface area contributed by atoms with E-state index < -0.39 is 23.5 Å². The lowest BCUT2D eigenvalue weighted by Gasteiger charge is -2.27. The zero-order valence-electron chi connectivity index (χ0n) is 25.9. The summed E-state index contributed by atoms with van der Waals surface area (Å²) >= 11 is 0. The predicted molar refractivity (Wildman–Crippen MR) is 180 cm³/mol. The van der Waals surface area contributed by atoms with Gasteiger partial charge in [0.05, 0.1) is 33.9 Å². The second-order valence-corrected chi connectivity index (χ2v) is 11.3. The van der Waals surface area contributed by atoms with Gasteiger partial charge in [-0.05, 0) is 83.9 Å². The Morgan fingerprint density at radius 1 is 0.300 bits per heavy atom. The summed E-state index contributed by atoms with van der Waals surface area (Å²) < 4.78 is 83.0. The van der Waals surface area contributed by atoms with Gasteiger partial charge in [0.2, 0.25) is 0 Å². The first kappa shape index (κ1) is 32.4. The fraction of sp³-hybridized carbons (Fsp3) is 0.0500. The highest BCUT2D eigenvalue weighted by Gasteiger charge is 2.34. The Bertz CT molecular complexity index is 2080. The molecule has 0 saturated heterocycles. The summed E-state index contributed by atoms with van der Waals surface area (Å²) in [6.45, 7) is 0. The summed E-state index contributed by atoms with van der Waals surface area (Å²) in [6, 6.07) is 30.8. The fourth-order valence-electron chi connectivity index (χ4n) is 6.05. The van der Waals surface area contributed by atoms with Crippen LogP contribution in [0.3, 0.4) is 0 Å². The van der Waals surface area contributed by atoms with Crippen molar-refractivity contribution in [1.82, 2.24) is 19.9 Å². The molecule has 0 fully saturated rings. The topological polar surface area (TPSA) is 51.6 Å². The van der Waals surface area contributed by atoms with Crippen molar-refractivity contribution in [3.63, 3.8) is 0 Å². The van der Waals surface area contributed by atoms with Crippen LogP contribution < -0.4 is 0 Å². The van der Waals surface area contributed by atoms with Crippen molar-refractivity contribution >= 4 is 0 Å². The Morgan fingerprint density at radius 3 is 0.780 bits per heavy atom. The number of hydrogen-bond acceptors (Lipinski definition) is 4. The second kappa shape index (κ2) is 13.0. The van der Waals surface area contributed by atoms with Gasteiger partial charge >= 0.3 is 12.4 Å². The number of pyridine rings is 4. The molecule has 7 aromatic rings. The van der Waals surface area contributed by atoms with Crippen LogP contribution in [-0.4, -0.2) is 19.9 Å². The predicted octanol–water partition coefficient (Wildman–Crippen LogP) is 11.3. The highest BCUT2D eigenvalue weighted by atomic mass is 19.4. The van der Waals surface area contributed by atoms with Gasteiger partial charge in [0.25, 0.3) is 0 Å². The molecule has 0 atom stereocenters. The molecule has 246 valence electrons. The molecule has 0 aliphatic rings. The zero-order chi connectivity index (χ0) is 34.9. The van der Waals surface area contributed by atoms with Gasteiger partial charge in [0, 0.05) is 58.2 Å². The average Bonchev–Trinajstić information content (AvgIpc) is 3.14. The smallest absolute Gasteiger partial charge is 0.256 e. The number of benzene rings is 3. The molecule has 50 heavy (non-hydrogen) atoms. The lowest BCUT2D eigenvalue weighted by atomic mass is 9.77. The molecule has 0 bridgehead atoms. The van der Waals surface area contributed by atoms with Crippen molar-refractivity contribution in [3.8, 4) is 67.3 Å². The molecule has 4 nitrogen and oxygen atoms in total. The number of aromatic nitrogens is 4. The third kappa shape index (κ3) is 6.23. The molecule has 0 amide bonds. The van der Waals surface area contributed by atoms with Gasteiger partial charge in [0.1, 0.15) is 0 Å². The van der Waals surface area contributed by atoms with Crippen LogP contribution in [0.4, 0.5) is 26.3 Å². The van der Waals surface area contributed by atoms with E-state index in [0.717, 1.165) is 24.3 Å². The van der Waals surface area contributed by atoms with E-state index in [1.54, 1.807) is 73.3 Å². The largest absolute Gasteiger partial charge is 0.416 e. The lowest BCUT2D eigenvalue weighted by Crippen LogP contribution is -2.07. The molecule has 3 aromatic carbocycles. The molecule has 4 aromatic heterocycles. The number of halogens is 6. The van der Waals surface area contributed by atoms with Gasteiger partial charge < -0.3 is 0 Å². The first-order valence-electron chi connectivity index (χ1n) is 15.4. The molecule has 4 heterocycles. The summed E-state index contributed by atoms with van der Waals surface area (Å²) in [5, 5.41) is 0. The van der Waals surface area contributed by atoms with E-state index in [9.17, 15) is 26.3 Å². The molecule has 0 aliphatic carbocycles. The zero-order valence-corrected chi connectivity index (χ0v) is 25.9. The maximum Gasteiger partial charge on any atom is 0.416 e. The average molecular weight is 675 g/mol. The Morgan fingerprint density at radius 2 is 0.560 bits per heavy atom. The first-order valence-corrected chi connectivity index (χ1v) is 15.4. The monoisotopic (exact) mass is 674 g/mol. The number of rotatable bonds is 6. The van der Waals surface area contributed by atoms with Gasteiger partial charge in [-0.3, -0.25) is 19.9 Å². The molecule has 0 N–H and O–H groups in total. The Balaban J connectivity index is 1.76. The summed E-state index contributed by atoms with van der Waals surface area (Å²) in [7, 11) is 0. The van der Waals surface area contributed by atoms with E-state index in [1.165, 1.54) is 24.3 Å². The lowest BCUT2D eigenvalue weighted by molar-refractivity contribution is -0.138. The van der Waals surface area contributed by atoms with Gasteiger partial charge in [0.15, 0.2) is 0 Å². The fourth-order valence-corrected chi connectivity index (χ4v) is 6.05. The Labute approximate surface area is 282 Å². The molecule has 0 spiro atoms. The van der Waals surface area contributed by atoms with Crippen molar-refractivity contribution in [2.75, 3.05) is 0 Å². The third-order valence-corrected chi connectivity index (χ3v) is 8.19. The summed E-state index contributed by atoms with van der Waals surface area (Å²) in [6.07, 6.45) is -2.75. The summed E-state index contributed by atoms with van der Waals surface area (Å²) in [5.41, 5.74) is 3.97. The van der Waals surface area contributed by atoms with E-state index in [2.05, 4.69) is 0 Å². The summed E-state index contributed by atoms with van der Waals surface area (Å²) in [5.74, 6) is 0. The van der Waals surface area contributed by atoms with Crippen molar-refractivity contribution < 1.29 is 26.3 Å². The maximum absolute atomic E-state index is 13.8. The van der Waals surface area contributed by atoms with E-state index >= 15 is 0 Å². The maximum atomic E-state index is 13.8. The summed E-state index contributed by atoms with van der Waals surface area (Å²) in [4.78, 5) is 18.9. The van der Waals surface area contributed by atoms with Crippen molar-refractivity contribution in [1.29, 1.82) is 0 Å².